The smallest absolute Gasteiger partial charge is 0.255 e. The molecule has 2 aromatic rings. The number of benzene rings is 2. The summed E-state index contributed by atoms with van der Waals surface area (Å²) < 4.78 is 0.454. The SMILES string of the molecule is CCN(CC)C(=O)c1ccc(NC(=O)c2ccc(C3SCCCS3)cc2)cc1Cl. The maximum Gasteiger partial charge on any atom is 0.255 e. The Bertz CT molecular complexity index is 864. The van der Waals surface area contributed by atoms with Crippen molar-refractivity contribution in [3.8, 4) is 0 Å². The molecule has 1 N–H and O–H groups in total. The van der Waals surface area contributed by atoms with Gasteiger partial charge in [0.05, 0.1) is 15.2 Å². The molecule has 1 fully saturated rings. The molecule has 4 nitrogen and oxygen atoms in total. The van der Waals surface area contributed by atoms with E-state index in [0.717, 1.165) is 0 Å². The lowest BCUT2D eigenvalue weighted by molar-refractivity contribution is 0.0773. The standard InChI is InChI=1S/C22H25ClN2O2S2/c1-3-25(4-2)21(27)18-11-10-17(14-19(18)23)24-20(26)15-6-8-16(9-7-15)22-28-12-5-13-29-22/h6-11,14,22H,3-5,12-13H2,1-2H3,(H,24,26). The largest absolute Gasteiger partial charge is 0.339 e. The third kappa shape index (κ3) is 5.50. The van der Waals surface area contributed by atoms with Gasteiger partial charge in [-0.1, -0.05) is 23.7 Å². The highest BCUT2D eigenvalue weighted by molar-refractivity contribution is 8.16. The number of carbonyl (C=O) groups excluding carboxylic acids is 2. The Morgan fingerprint density at radius 3 is 2.31 bits per heavy atom. The first-order valence-electron chi connectivity index (χ1n) is 9.76. The topological polar surface area (TPSA) is 49.4 Å². The lowest BCUT2D eigenvalue weighted by Crippen LogP contribution is -2.30. The number of rotatable bonds is 6. The van der Waals surface area contributed by atoms with Crippen molar-refractivity contribution >= 4 is 52.6 Å². The number of anilines is 1. The summed E-state index contributed by atoms with van der Waals surface area (Å²) >= 11 is 10.2. The summed E-state index contributed by atoms with van der Waals surface area (Å²) in [5.74, 6) is 2.08. The number of hydrogen-bond acceptors (Lipinski definition) is 4. The zero-order valence-corrected chi connectivity index (χ0v) is 19.0. The number of amides is 2. The molecule has 154 valence electrons. The predicted octanol–water partition coefficient (Wildman–Crippen LogP) is 5.94. The molecular weight excluding hydrogens is 424 g/mol. The Labute approximate surface area is 185 Å². The first-order chi connectivity index (χ1) is 14.0. The highest BCUT2D eigenvalue weighted by Crippen LogP contribution is 2.43. The molecule has 0 unspecified atom stereocenters. The third-order valence-electron chi connectivity index (χ3n) is 4.78. The van der Waals surface area contributed by atoms with E-state index in [-0.39, 0.29) is 11.8 Å². The Morgan fingerprint density at radius 1 is 1.07 bits per heavy atom. The van der Waals surface area contributed by atoms with Crippen LogP contribution in [0.2, 0.25) is 5.02 Å². The number of halogens is 1. The zero-order chi connectivity index (χ0) is 20.8. The van der Waals surface area contributed by atoms with E-state index < -0.39 is 0 Å². The van der Waals surface area contributed by atoms with Crippen molar-refractivity contribution in [2.45, 2.75) is 24.9 Å². The van der Waals surface area contributed by atoms with Crippen LogP contribution in [-0.2, 0) is 0 Å². The number of hydrogen-bond donors (Lipinski definition) is 1. The van der Waals surface area contributed by atoms with Crippen LogP contribution in [0.4, 0.5) is 5.69 Å². The molecule has 7 heteroatoms. The fourth-order valence-electron chi connectivity index (χ4n) is 3.12. The molecule has 2 aromatic carbocycles. The van der Waals surface area contributed by atoms with E-state index >= 15 is 0 Å². The van der Waals surface area contributed by atoms with Gasteiger partial charge in [0, 0.05) is 24.3 Å². The van der Waals surface area contributed by atoms with Crippen LogP contribution in [0, 0.1) is 0 Å². The Kier molecular flexibility index (Phi) is 7.92. The minimum Gasteiger partial charge on any atom is -0.339 e. The van der Waals surface area contributed by atoms with Crippen molar-refractivity contribution in [1.82, 2.24) is 4.90 Å². The summed E-state index contributed by atoms with van der Waals surface area (Å²) in [5.41, 5.74) is 2.86. The normalized spacial score (nSPS) is 14.4. The average molecular weight is 449 g/mol. The minimum atomic E-state index is -0.195. The molecule has 0 saturated carbocycles. The second-order valence-electron chi connectivity index (χ2n) is 6.68. The minimum absolute atomic E-state index is 0.105. The van der Waals surface area contributed by atoms with Crippen LogP contribution in [0.5, 0.6) is 0 Å². The van der Waals surface area contributed by atoms with Gasteiger partial charge in [0.2, 0.25) is 0 Å². The number of carbonyl (C=O) groups is 2. The lowest BCUT2D eigenvalue weighted by atomic mass is 10.1. The second kappa shape index (κ2) is 10.4. The van der Waals surface area contributed by atoms with Gasteiger partial charge < -0.3 is 10.2 Å². The maximum atomic E-state index is 12.6. The molecule has 1 aliphatic heterocycles. The van der Waals surface area contributed by atoms with E-state index in [4.69, 9.17) is 11.6 Å². The van der Waals surface area contributed by atoms with E-state index in [0.29, 0.717) is 39.5 Å². The van der Waals surface area contributed by atoms with Crippen LogP contribution in [-0.4, -0.2) is 41.3 Å². The van der Waals surface area contributed by atoms with Crippen LogP contribution in [0.1, 0.15) is 51.1 Å². The molecule has 0 aromatic heterocycles. The van der Waals surface area contributed by atoms with Crippen LogP contribution >= 0.6 is 35.1 Å². The Morgan fingerprint density at radius 2 is 1.72 bits per heavy atom. The highest BCUT2D eigenvalue weighted by atomic mass is 35.5. The van der Waals surface area contributed by atoms with E-state index in [1.165, 1.54) is 23.5 Å². The van der Waals surface area contributed by atoms with Gasteiger partial charge in [-0.15, -0.1) is 23.5 Å². The second-order valence-corrected chi connectivity index (χ2v) is 9.81. The molecule has 0 bridgehead atoms. The average Bonchev–Trinajstić information content (AvgIpc) is 2.75. The fraction of sp³-hybridized carbons (Fsp3) is 0.364. The van der Waals surface area contributed by atoms with Crippen molar-refractivity contribution in [3.05, 3.63) is 64.2 Å². The molecule has 29 heavy (non-hydrogen) atoms. The monoisotopic (exact) mass is 448 g/mol. The van der Waals surface area contributed by atoms with Crippen LogP contribution in [0.3, 0.4) is 0 Å². The molecule has 3 rings (SSSR count). The molecule has 1 heterocycles. The Hall–Kier alpha value is -1.63. The quantitative estimate of drug-likeness (QED) is 0.593. The van der Waals surface area contributed by atoms with Gasteiger partial charge in [-0.25, -0.2) is 0 Å². The molecule has 0 radical (unpaired) electrons. The number of nitrogens with one attached hydrogen (secondary N) is 1. The van der Waals surface area contributed by atoms with Crippen molar-refractivity contribution in [1.29, 1.82) is 0 Å². The summed E-state index contributed by atoms with van der Waals surface area (Å²) in [5, 5.41) is 3.20. The highest BCUT2D eigenvalue weighted by Gasteiger charge is 2.18. The van der Waals surface area contributed by atoms with Crippen molar-refractivity contribution in [2.24, 2.45) is 0 Å². The zero-order valence-electron chi connectivity index (χ0n) is 16.6. The molecule has 1 aliphatic rings. The molecule has 0 atom stereocenters. The summed E-state index contributed by atoms with van der Waals surface area (Å²) in [6.45, 7) is 5.11. The third-order valence-corrected chi connectivity index (χ3v) is 8.11. The van der Waals surface area contributed by atoms with E-state index in [2.05, 4.69) is 5.32 Å². The summed E-state index contributed by atoms with van der Waals surface area (Å²) in [6.07, 6.45) is 1.26. The molecule has 0 spiro atoms. The van der Waals surface area contributed by atoms with Gasteiger partial charge in [-0.3, -0.25) is 9.59 Å². The van der Waals surface area contributed by atoms with Gasteiger partial charge in [-0.05, 0) is 67.7 Å². The maximum absolute atomic E-state index is 12.6. The lowest BCUT2D eigenvalue weighted by Gasteiger charge is -2.21. The van der Waals surface area contributed by atoms with Crippen LogP contribution < -0.4 is 5.32 Å². The first-order valence-corrected chi connectivity index (χ1v) is 12.2. The van der Waals surface area contributed by atoms with Crippen LogP contribution in [0.25, 0.3) is 0 Å². The number of nitrogens with zero attached hydrogens (tertiary/aromatic N) is 1. The summed E-state index contributed by atoms with van der Waals surface area (Å²) in [7, 11) is 0. The molecular formula is C22H25ClN2O2S2. The van der Waals surface area contributed by atoms with E-state index in [1.54, 1.807) is 23.1 Å². The first kappa shape index (κ1) is 22.1. The van der Waals surface area contributed by atoms with Gasteiger partial charge in [-0.2, -0.15) is 0 Å². The van der Waals surface area contributed by atoms with E-state index in [1.807, 2.05) is 61.6 Å². The number of thioether (sulfide) groups is 2. The van der Waals surface area contributed by atoms with Gasteiger partial charge in [0.15, 0.2) is 0 Å². The predicted molar refractivity (Wildman–Crippen MR) is 125 cm³/mol. The fourth-order valence-corrected chi connectivity index (χ4v) is 6.28. The van der Waals surface area contributed by atoms with Crippen LogP contribution in [0.15, 0.2) is 42.5 Å². The molecule has 0 aliphatic carbocycles. The van der Waals surface area contributed by atoms with Gasteiger partial charge >= 0.3 is 0 Å². The van der Waals surface area contributed by atoms with Crippen molar-refractivity contribution in [3.63, 3.8) is 0 Å². The summed E-state index contributed by atoms with van der Waals surface area (Å²) in [6, 6.07) is 12.8. The van der Waals surface area contributed by atoms with E-state index in [9.17, 15) is 9.59 Å². The Balaban J connectivity index is 1.67. The van der Waals surface area contributed by atoms with Crippen molar-refractivity contribution in [2.75, 3.05) is 29.9 Å². The molecule has 1 saturated heterocycles. The van der Waals surface area contributed by atoms with Gasteiger partial charge in [0.25, 0.3) is 11.8 Å². The molecule has 2 amide bonds. The van der Waals surface area contributed by atoms with Crippen molar-refractivity contribution < 1.29 is 9.59 Å². The van der Waals surface area contributed by atoms with Gasteiger partial charge in [0.1, 0.15) is 0 Å². The summed E-state index contributed by atoms with van der Waals surface area (Å²) in [4.78, 5) is 26.8.